The van der Waals surface area contributed by atoms with Crippen LogP contribution in [-0.2, 0) is 13.1 Å². The first-order valence-electron chi connectivity index (χ1n) is 18.8. The van der Waals surface area contributed by atoms with E-state index in [2.05, 4.69) is 73.8 Å². The van der Waals surface area contributed by atoms with Gasteiger partial charge in [-0.05, 0) is 94.0 Å². The predicted octanol–water partition coefficient (Wildman–Crippen LogP) is 5.55. The standard InChI is InChI=1S/C19H28N6O.C18H26N6O.C2H6/c1-20-18-7-8-22-19(24-18)23-16-5-6-17(26-2)15(13-16)14-21-9-12-25-10-3-4-11-25;1-19-17-6-7-21-18(23-17)22-15-4-5-16(25-2)14(12-15)13-20-8-11-24-9-3-10-24;1-2/h5-8,13,21H,3-4,9-12,14H2,1-2H3,(H2,20,22,23,24);4-7,12,20H,3,8-11,13H2,1-2H3,(H2,19,21,22,23);1-2H3. The van der Waals surface area contributed by atoms with Gasteiger partial charge in [0.25, 0.3) is 0 Å². The third-order valence-electron chi connectivity index (χ3n) is 8.88. The zero-order chi connectivity index (χ0) is 37.7. The topological polar surface area (TPSA) is 149 Å². The third-order valence-corrected chi connectivity index (χ3v) is 8.88. The van der Waals surface area contributed by atoms with E-state index in [4.69, 9.17) is 9.47 Å². The van der Waals surface area contributed by atoms with Gasteiger partial charge in [0.05, 0.1) is 14.2 Å². The first kappa shape index (κ1) is 41.0. The Bertz CT molecular complexity index is 1630. The van der Waals surface area contributed by atoms with Crippen molar-refractivity contribution in [2.24, 2.45) is 0 Å². The highest BCUT2D eigenvalue weighted by Crippen LogP contribution is 2.25. The molecule has 2 fully saturated rings. The van der Waals surface area contributed by atoms with Crippen LogP contribution in [0.3, 0.4) is 0 Å². The van der Waals surface area contributed by atoms with Gasteiger partial charge in [-0.15, -0.1) is 0 Å². The van der Waals surface area contributed by atoms with E-state index in [0.29, 0.717) is 11.9 Å². The number of hydrogen-bond donors (Lipinski definition) is 6. The number of nitrogens with one attached hydrogen (secondary N) is 6. The molecule has 4 heterocycles. The summed E-state index contributed by atoms with van der Waals surface area (Å²) >= 11 is 0. The smallest absolute Gasteiger partial charge is 0.229 e. The number of hydrogen-bond acceptors (Lipinski definition) is 14. The van der Waals surface area contributed by atoms with Crippen LogP contribution in [0.15, 0.2) is 60.9 Å². The molecule has 2 aliphatic heterocycles. The average molecular weight is 729 g/mol. The Morgan fingerprint density at radius 3 is 1.42 bits per heavy atom. The summed E-state index contributed by atoms with van der Waals surface area (Å²) in [5.41, 5.74) is 4.11. The molecule has 53 heavy (non-hydrogen) atoms. The Morgan fingerprint density at radius 2 is 1.04 bits per heavy atom. The summed E-state index contributed by atoms with van der Waals surface area (Å²) in [5, 5.41) is 19.5. The van der Waals surface area contributed by atoms with E-state index in [-0.39, 0.29) is 0 Å². The molecule has 0 unspecified atom stereocenters. The minimum Gasteiger partial charge on any atom is -0.496 e. The molecule has 2 aliphatic rings. The van der Waals surface area contributed by atoms with Gasteiger partial charge in [0.1, 0.15) is 23.1 Å². The molecule has 2 aromatic heterocycles. The van der Waals surface area contributed by atoms with Crippen molar-refractivity contribution in [2.45, 2.75) is 46.2 Å². The number of likely N-dealkylation sites (tertiary alicyclic amines) is 2. The molecular weight excluding hydrogens is 669 g/mol. The van der Waals surface area contributed by atoms with E-state index in [9.17, 15) is 0 Å². The van der Waals surface area contributed by atoms with Gasteiger partial charge in [-0.3, -0.25) is 0 Å². The van der Waals surface area contributed by atoms with Crippen molar-refractivity contribution in [1.29, 1.82) is 0 Å². The number of ether oxygens (including phenoxy) is 2. The molecule has 0 aliphatic carbocycles. The average Bonchev–Trinajstić information content (AvgIpc) is 3.71. The van der Waals surface area contributed by atoms with Crippen molar-refractivity contribution in [2.75, 3.05) is 102 Å². The summed E-state index contributed by atoms with van der Waals surface area (Å²) < 4.78 is 11.0. The lowest BCUT2D eigenvalue weighted by Gasteiger charge is -2.30. The molecule has 2 aromatic carbocycles. The first-order chi connectivity index (χ1) is 26.1. The molecule has 0 radical (unpaired) electrons. The molecule has 288 valence electrons. The van der Waals surface area contributed by atoms with Crippen molar-refractivity contribution in [3.63, 3.8) is 0 Å². The summed E-state index contributed by atoms with van der Waals surface area (Å²) in [7, 11) is 7.08. The Balaban J connectivity index is 0.000000226. The maximum Gasteiger partial charge on any atom is 0.229 e. The van der Waals surface area contributed by atoms with E-state index in [1.165, 1.54) is 45.4 Å². The molecular formula is C39H60N12O2. The largest absolute Gasteiger partial charge is 0.496 e. The summed E-state index contributed by atoms with van der Waals surface area (Å²) in [6.45, 7) is 14.6. The molecule has 4 aromatic rings. The molecule has 2 saturated heterocycles. The van der Waals surface area contributed by atoms with Crippen molar-refractivity contribution < 1.29 is 9.47 Å². The maximum atomic E-state index is 5.50. The Morgan fingerprint density at radius 1 is 0.604 bits per heavy atom. The van der Waals surface area contributed by atoms with Crippen molar-refractivity contribution in [3.8, 4) is 11.5 Å². The van der Waals surface area contributed by atoms with Crippen LogP contribution in [0, 0.1) is 0 Å². The predicted molar refractivity (Wildman–Crippen MR) is 217 cm³/mol. The Labute approximate surface area is 315 Å². The van der Waals surface area contributed by atoms with Crippen LogP contribution in [0.25, 0.3) is 0 Å². The molecule has 0 amide bonds. The number of aromatic nitrogens is 4. The van der Waals surface area contributed by atoms with Crippen LogP contribution in [0.5, 0.6) is 11.5 Å². The molecule has 6 N–H and O–H groups in total. The van der Waals surface area contributed by atoms with Gasteiger partial charge in [-0.2, -0.15) is 9.97 Å². The molecule has 14 nitrogen and oxygen atoms in total. The molecule has 0 saturated carbocycles. The molecule has 0 bridgehead atoms. The van der Waals surface area contributed by atoms with Gasteiger partial charge in [-0.25, -0.2) is 9.97 Å². The zero-order valence-electron chi connectivity index (χ0n) is 32.5. The van der Waals surface area contributed by atoms with Gasteiger partial charge in [-0.1, -0.05) is 13.8 Å². The van der Waals surface area contributed by atoms with Crippen molar-refractivity contribution in [1.82, 2.24) is 40.4 Å². The number of benzene rings is 2. The van der Waals surface area contributed by atoms with E-state index in [1.54, 1.807) is 26.6 Å². The summed E-state index contributed by atoms with van der Waals surface area (Å²) in [6, 6.07) is 15.7. The van der Waals surface area contributed by atoms with Crippen LogP contribution >= 0.6 is 0 Å². The van der Waals surface area contributed by atoms with Crippen LogP contribution in [-0.4, -0.2) is 110 Å². The molecule has 6 rings (SSSR count). The quantitative estimate of drug-likeness (QED) is 0.0712. The van der Waals surface area contributed by atoms with Gasteiger partial charge in [0.2, 0.25) is 11.9 Å². The fraction of sp³-hybridized carbons (Fsp3) is 0.487. The second kappa shape index (κ2) is 23.0. The van der Waals surface area contributed by atoms with Gasteiger partial charge >= 0.3 is 0 Å². The molecule has 0 atom stereocenters. The van der Waals surface area contributed by atoms with Crippen LogP contribution in [0.2, 0.25) is 0 Å². The van der Waals surface area contributed by atoms with Crippen LogP contribution < -0.4 is 41.4 Å². The zero-order valence-corrected chi connectivity index (χ0v) is 32.5. The van der Waals surface area contributed by atoms with Crippen molar-refractivity contribution in [3.05, 3.63) is 72.1 Å². The van der Waals surface area contributed by atoms with Gasteiger partial charge in [0, 0.05) is 88.3 Å². The lowest BCUT2D eigenvalue weighted by atomic mass is 10.1. The summed E-state index contributed by atoms with van der Waals surface area (Å²) in [5.74, 6) is 4.45. The summed E-state index contributed by atoms with van der Waals surface area (Å²) in [4.78, 5) is 22.2. The third kappa shape index (κ3) is 13.6. The van der Waals surface area contributed by atoms with E-state index >= 15 is 0 Å². The monoisotopic (exact) mass is 728 g/mol. The minimum absolute atomic E-state index is 0.564. The molecule has 0 spiro atoms. The van der Waals surface area contributed by atoms with Gasteiger partial charge in [0.15, 0.2) is 0 Å². The summed E-state index contributed by atoms with van der Waals surface area (Å²) in [6.07, 6.45) is 7.45. The second-order valence-electron chi connectivity index (χ2n) is 12.4. The highest BCUT2D eigenvalue weighted by molar-refractivity contribution is 5.59. The highest BCUT2D eigenvalue weighted by Gasteiger charge is 2.13. The number of rotatable bonds is 18. The number of anilines is 6. The Kier molecular flexibility index (Phi) is 17.8. The van der Waals surface area contributed by atoms with Gasteiger partial charge < -0.3 is 51.2 Å². The van der Waals surface area contributed by atoms with E-state index in [1.807, 2.05) is 64.3 Å². The number of methoxy groups -OCH3 is 2. The highest BCUT2D eigenvalue weighted by atomic mass is 16.5. The SMILES string of the molecule is CC.CNc1ccnc(Nc2ccc(OC)c(CNCCN3CCC3)c2)n1.CNc1ccnc(Nc2ccc(OC)c(CNCCN3CCCC3)c2)n1. The van der Waals surface area contributed by atoms with Crippen LogP contribution in [0.4, 0.5) is 34.9 Å². The first-order valence-corrected chi connectivity index (χ1v) is 18.8. The van der Waals surface area contributed by atoms with E-state index in [0.717, 1.165) is 84.9 Å². The normalized spacial score (nSPS) is 13.8. The van der Waals surface area contributed by atoms with E-state index < -0.39 is 0 Å². The Hall–Kier alpha value is -4.76. The lowest BCUT2D eigenvalue weighted by molar-refractivity contribution is 0.182. The lowest BCUT2D eigenvalue weighted by Crippen LogP contribution is -2.41. The maximum absolute atomic E-state index is 5.50. The fourth-order valence-corrected chi connectivity index (χ4v) is 5.90. The molecule has 14 heteroatoms. The minimum atomic E-state index is 0.564. The van der Waals surface area contributed by atoms with Crippen LogP contribution in [0.1, 0.15) is 44.2 Å². The van der Waals surface area contributed by atoms with Crippen molar-refractivity contribution >= 4 is 34.9 Å². The fourth-order valence-electron chi connectivity index (χ4n) is 5.90. The second-order valence-corrected chi connectivity index (χ2v) is 12.4. The number of nitrogens with zero attached hydrogens (tertiary/aromatic N) is 6.